The van der Waals surface area contributed by atoms with Crippen LogP contribution in [-0.4, -0.2) is 14.5 Å². The smallest absolute Gasteiger partial charge is 0.162 e. The normalized spacial score (nSPS) is 11.9. The van der Waals surface area contributed by atoms with Crippen LogP contribution in [0.5, 0.6) is 0 Å². The van der Waals surface area contributed by atoms with Crippen LogP contribution >= 0.6 is 11.3 Å². The van der Waals surface area contributed by atoms with Gasteiger partial charge >= 0.3 is 0 Å². The summed E-state index contributed by atoms with van der Waals surface area (Å²) >= 11 is 1.82. The third-order valence-electron chi connectivity index (χ3n) is 11.4. The molecule has 3 heterocycles. The first-order chi connectivity index (χ1) is 28.3. The summed E-state index contributed by atoms with van der Waals surface area (Å²) in [4.78, 5) is 10.8. The van der Waals surface area contributed by atoms with E-state index >= 15 is 0 Å². The molecule has 3 nitrogen and oxygen atoms in total. The van der Waals surface area contributed by atoms with Crippen molar-refractivity contribution in [3.63, 3.8) is 0 Å². The van der Waals surface area contributed by atoms with E-state index in [0.717, 1.165) is 33.7 Å². The van der Waals surface area contributed by atoms with Crippen LogP contribution in [-0.2, 0) is 5.41 Å². The summed E-state index contributed by atoms with van der Waals surface area (Å²) in [5.74, 6) is 1.51. The quantitative estimate of drug-likeness (QED) is 0.152. The van der Waals surface area contributed by atoms with E-state index in [1.165, 1.54) is 53.2 Å². The molecule has 0 atom stereocenters. The Morgan fingerprint density at radius 1 is 0.404 bits per heavy atom. The first kappa shape index (κ1) is 33.2. The zero-order chi connectivity index (χ0) is 37.8. The molecule has 0 bridgehead atoms. The Morgan fingerprint density at radius 3 is 1.49 bits per heavy atom. The lowest BCUT2D eigenvalue weighted by Gasteiger charge is -2.37. The van der Waals surface area contributed by atoms with Gasteiger partial charge in [-0.1, -0.05) is 188 Å². The molecule has 0 radical (unpaired) electrons. The Balaban J connectivity index is 1.15. The molecule has 0 spiro atoms. The predicted molar refractivity (Wildman–Crippen MR) is 238 cm³/mol. The molecule has 0 aliphatic heterocycles. The lowest BCUT2D eigenvalue weighted by molar-refractivity contribution is 0.745. The molecule has 0 saturated heterocycles. The molecular weight excluding hydrogens is 711 g/mol. The van der Waals surface area contributed by atoms with Crippen LogP contribution in [0.1, 0.15) is 22.3 Å². The second-order valence-electron chi connectivity index (χ2n) is 14.5. The minimum atomic E-state index is -0.546. The van der Waals surface area contributed by atoms with Crippen LogP contribution in [0, 0.1) is 0 Å². The molecule has 4 heteroatoms. The van der Waals surface area contributed by atoms with Gasteiger partial charge in [0, 0.05) is 48.1 Å². The van der Waals surface area contributed by atoms with Crippen LogP contribution in [0.3, 0.4) is 0 Å². The standard InChI is InChI=1S/C53H35N3S/c1-4-17-37(18-5-1)53(38-19-6-2-7-20-38,39-21-8-3-9-22-39)40-33-31-36(32-34-40)52-54-46(45-27-16-26-44-43-25-12-15-30-49(43)57-51(44)45)35-50(55-52)56-47-28-13-10-23-41(47)42-24-11-14-29-48(42)56/h1-35H. The Labute approximate surface area is 334 Å². The highest BCUT2D eigenvalue weighted by molar-refractivity contribution is 7.26. The average Bonchev–Trinajstić information content (AvgIpc) is 3.84. The molecule has 11 aromatic rings. The molecule has 0 aliphatic carbocycles. The molecule has 0 unspecified atom stereocenters. The maximum atomic E-state index is 5.42. The maximum Gasteiger partial charge on any atom is 0.162 e. The molecular formula is C53H35N3S. The third kappa shape index (κ3) is 5.33. The summed E-state index contributed by atoms with van der Waals surface area (Å²) in [6, 6.07) is 76.1. The SMILES string of the molecule is c1ccc(C(c2ccccc2)(c2ccccc2)c2ccc(-c3nc(-c4cccc5c4sc4ccccc45)cc(-n4c5ccccc5c5ccccc54)n3)cc2)cc1. The summed E-state index contributed by atoms with van der Waals surface area (Å²) in [6.45, 7) is 0. The highest BCUT2D eigenvalue weighted by Crippen LogP contribution is 2.46. The number of rotatable bonds is 7. The highest BCUT2D eigenvalue weighted by atomic mass is 32.1. The summed E-state index contributed by atoms with van der Waals surface area (Å²) < 4.78 is 4.79. The van der Waals surface area contributed by atoms with Crippen LogP contribution in [0.2, 0.25) is 0 Å². The second-order valence-corrected chi connectivity index (χ2v) is 15.6. The zero-order valence-corrected chi connectivity index (χ0v) is 31.8. The summed E-state index contributed by atoms with van der Waals surface area (Å²) in [6.07, 6.45) is 0. The number of fused-ring (bicyclic) bond motifs is 6. The van der Waals surface area contributed by atoms with Gasteiger partial charge in [0.25, 0.3) is 0 Å². The second kappa shape index (κ2) is 13.6. The maximum absolute atomic E-state index is 5.42. The van der Waals surface area contributed by atoms with E-state index in [0.29, 0.717) is 5.82 Å². The van der Waals surface area contributed by atoms with Gasteiger partial charge in [0.15, 0.2) is 5.82 Å². The van der Waals surface area contributed by atoms with Gasteiger partial charge in [-0.25, -0.2) is 9.97 Å². The molecule has 0 amide bonds. The van der Waals surface area contributed by atoms with Crippen molar-refractivity contribution >= 4 is 53.3 Å². The molecule has 0 fully saturated rings. The molecule has 0 aliphatic rings. The molecule has 8 aromatic carbocycles. The fourth-order valence-electron chi connectivity index (χ4n) is 8.87. The predicted octanol–water partition coefficient (Wildman–Crippen LogP) is 13.7. The van der Waals surface area contributed by atoms with E-state index in [1.807, 2.05) is 11.3 Å². The van der Waals surface area contributed by atoms with Crippen molar-refractivity contribution in [3.05, 3.63) is 235 Å². The number of hydrogen-bond acceptors (Lipinski definition) is 3. The Kier molecular flexibility index (Phi) is 7.90. The lowest BCUT2D eigenvalue weighted by atomic mass is 9.65. The van der Waals surface area contributed by atoms with E-state index in [-0.39, 0.29) is 0 Å². The molecule has 57 heavy (non-hydrogen) atoms. The lowest BCUT2D eigenvalue weighted by Crippen LogP contribution is -2.30. The first-order valence-electron chi connectivity index (χ1n) is 19.3. The van der Waals surface area contributed by atoms with Crippen molar-refractivity contribution in [2.45, 2.75) is 5.41 Å². The highest BCUT2D eigenvalue weighted by Gasteiger charge is 2.38. The number of para-hydroxylation sites is 2. The van der Waals surface area contributed by atoms with Gasteiger partial charge in [0.2, 0.25) is 0 Å². The van der Waals surface area contributed by atoms with Crippen molar-refractivity contribution < 1.29 is 0 Å². The van der Waals surface area contributed by atoms with Gasteiger partial charge in [0.05, 0.1) is 22.1 Å². The Morgan fingerprint density at radius 2 is 0.895 bits per heavy atom. The van der Waals surface area contributed by atoms with Crippen molar-refractivity contribution in [2.24, 2.45) is 0 Å². The van der Waals surface area contributed by atoms with Gasteiger partial charge in [-0.2, -0.15) is 0 Å². The number of aromatic nitrogens is 3. The monoisotopic (exact) mass is 745 g/mol. The zero-order valence-electron chi connectivity index (χ0n) is 31.0. The fourth-order valence-corrected chi connectivity index (χ4v) is 10.1. The number of thiophene rings is 1. The van der Waals surface area contributed by atoms with Crippen molar-refractivity contribution in [1.29, 1.82) is 0 Å². The van der Waals surface area contributed by atoms with Gasteiger partial charge in [-0.05, 0) is 40.5 Å². The van der Waals surface area contributed by atoms with Gasteiger partial charge in [0.1, 0.15) is 5.82 Å². The fraction of sp³-hybridized carbons (Fsp3) is 0.0189. The van der Waals surface area contributed by atoms with Gasteiger partial charge in [-0.3, -0.25) is 4.57 Å². The van der Waals surface area contributed by atoms with Crippen LogP contribution < -0.4 is 0 Å². The average molecular weight is 746 g/mol. The molecule has 11 rings (SSSR count). The Bertz CT molecular complexity index is 3070. The minimum absolute atomic E-state index is 0.546. The van der Waals surface area contributed by atoms with Crippen LogP contribution in [0.25, 0.3) is 70.4 Å². The number of benzene rings is 8. The third-order valence-corrected chi connectivity index (χ3v) is 12.6. The first-order valence-corrected chi connectivity index (χ1v) is 20.1. The van der Waals surface area contributed by atoms with Crippen molar-refractivity contribution in [3.8, 4) is 28.5 Å². The van der Waals surface area contributed by atoms with E-state index in [1.54, 1.807) is 0 Å². The molecule has 0 N–H and O–H groups in total. The molecule has 0 saturated carbocycles. The van der Waals surface area contributed by atoms with Crippen molar-refractivity contribution in [1.82, 2.24) is 14.5 Å². The largest absolute Gasteiger partial charge is 0.294 e. The van der Waals surface area contributed by atoms with E-state index < -0.39 is 5.41 Å². The number of hydrogen-bond donors (Lipinski definition) is 0. The Hall–Kier alpha value is -7.14. The molecule has 3 aromatic heterocycles. The number of nitrogens with zero attached hydrogens (tertiary/aromatic N) is 3. The van der Waals surface area contributed by atoms with Crippen LogP contribution in [0.15, 0.2) is 212 Å². The minimum Gasteiger partial charge on any atom is -0.294 e. The van der Waals surface area contributed by atoms with Gasteiger partial charge in [-0.15, -0.1) is 11.3 Å². The van der Waals surface area contributed by atoms with Crippen LogP contribution in [0.4, 0.5) is 0 Å². The summed E-state index contributed by atoms with van der Waals surface area (Å²) in [5.41, 5.74) is 9.42. The van der Waals surface area contributed by atoms with Crippen molar-refractivity contribution in [2.75, 3.05) is 0 Å². The van der Waals surface area contributed by atoms with E-state index in [9.17, 15) is 0 Å². The van der Waals surface area contributed by atoms with Gasteiger partial charge < -0.3 is 0 Å². The van der Waals surface area contributed by atoms with E-state index in [2.05, 4.69) is 217 Å². The van der Waals surface area contributed by atoms with E-state index in [4.69, 9.17) is 9.97 Å². The summed E-state index contributed by atoms with van der Waals surface area (Å²) in [7, 11) is 0. The molecule has 268 valence electrons. The summed E-state index contributed by atoms with van der Waals surface area (Å²) in [5, 5.41) is 4.91. The topological polar surface area (TPSA) is 30.7 Å².